The van der Waals surface area contributed by atoms with Crippen LogP contribution in [0.1, 0.15) is 0 Å². The van der Waals surface area contributed by atoms with E-state index in [1.807, 2.05) is 42.1 Å². The van der Waals surface area contributed by atoms with Crippen LogP contribution >= 0.6 is 0 Å². The summed E-state index contributed by atoms with van der Waals surface area (Å²) in [6.07, 6.45) is 3.29. The van der Waals surface area contributed by atoms with Crippen molar-refractivity contribution in [2.45, 2.75) is 0 Å². The maximum Gasteiger partial charge on any atom is 0.318 e. The van der Waals surface area contributed by atoms with Crippen LogP contribution in [0.5, 0.6) is 0 Å². The van der Waals surface area contributed by atoms with Crippen molar-refractivity contribution in [2.75, 3.05) is 12.4 Å². The molecule has 0 bridgehead atoms. The summed E-state index contributed by atoms with van der Waals surface area (Å²) in [7, 11) is 5.11. The van der Waals surface area contributed by atoms with Crippen LogP contribution in [0.15, 0.2) is 59.7 Å². The zero-order valence-corrected chi connectivity index (χ0v) is 16.3. The van der Waals surface area contributed by atoms with E-state index in [1.54, 1.807) is 43.3 Å². The van der Waals surface area contributed by atoms with E-state index >= 15 is 0 Å². The highest BCUT2D eigenvalue weighted by Gasteiger charge is 2.20. The molecule has 0 aliphatic heterocycles. The molecule has 4 rings (SSSR count). The molecule has 2 amide bonds. The van der Waals surface area contributed by atoms with Crippen LogP contribution < -0.4 is 16.2 Å². The lowest BCUT2D eigenvalue weighted by molar-refractivity contribution is 0.254. The second-order valence-electron chi connectivity index (χ2n) is 6.62. The number of rotatable bonds is 3. The summed E-state index contributed by atoms with van der Waals surface area (Å²) in [6.45, 7) is 0. The molecule has 0 atom stereocenters. The first kappa shape index (κ1) is 18.4. The van der Waals surface area contributed by atoms with Gasteiger partial charge < -0.3 is 10.6 Å². The van der Waals surface area contributed by atoms with E-state index in [4.69, 9.17) is 0 Å². The number of anilines is 1. The normalized spacial score (nSPS) is 10.9. The smallest absolute Gasteiger partial charge is 0.318 e. The van der Waals surface area contributed by atoms with E-state index in [-0.39, 0.29) is 11.6 Å². The van der Waals surface area contributed by atoms with E-state index in [0.29, 0.717) is 16.8 Å². The molecule has 0 aliphatic rings. The Hall–Kier alpha value is -3.94. The number of carbonyl (C=O) groups is 1. The molecule has 4 aromatic rings. The van der Waals surface area contributed by atoms with Crippen molar-refractivity contribution in [3.63, 3.8) is 0 Å². The molecular weight excluding hydrogens is 368 g/mol. The predicted octanol–water partition coefficient (Wildman–Crippen LogP) is 2.75. The van der Waals surface area contributed by atoms with Crippen LogP contribution in [0, 0.1) is 0 Å². The standard InChI is InChI=1S/C21H20N6O2/c1-22-21(29)25-15-6-4-5-13(11-15)18-19(26(2)27(3)20(18)28)14-7-8-16-17(12-14)24-10-9-23-16/h4-12H,1-3H3,(H2,22,25,29). The molecule has 0 saturated carbocycles. The molecule has 0 radical (unpaired) electrons. The van der Waals surface area contributed by atoms with Crippen LogP contribution in [-0.2, 0) is 14.1 Å². The summed E-state index contributed by atoms with van der Waals surface area (Å²) in [5.41, 5.74) is 4.91. The van der Waals surface area contributed by atoms with Crippen molar-refractivity contribution in [1.82, 2.24) is 24.6 Å². The average Bonchev–Trinajstić information content (AvgIpc) is 2.97. The molecule has 8 heteroatoms. The number of benzene rings is 2. The highest BCUT2D eigenvalue weighted by molar-refractivity contribution is 5.91. The van der Waals surface area contributed by atoms with Gasteiger partial charge in [0.05, 0.1) is 22.3 Å². The molecule has 2 heterocycles. The summed E-state index contributed by atoms with van der Waals surface area (Å²) in [5, 5.41) is 5.26. The SMILES string of the molecule is CNC(=O)Nc1cccc(-c2c(-c3ccc4nccnc4c3)n(C)n(C)c2=O)c1. The molecule has 146 valence electrons. The fourth-order valence-electron chi connectivity index (χ4n) is 3.36. The van der Waals surface area contributed by atoms with Gasteiger partial charge in [0.2, 0.25) is 0 Å². The van der Waals surface area contributed by atoms with Gasteiger partial charge in [-0.1, -0.05) is 18.2 Å². The number of carbonyl (C=O) groups excluding carboxylic acids is 1. The molecule has 2 aromatic heterocycles. The number of urea groups is 1. The molecule has 8 nitrogen and oxygen atoms in total. The van der Waals surface area contributed by atoms with Crippen LogP contribution in [0.3, 0.4) is 0 Å². The number of hydrogen-bond donors (Lipinski definition) is 2. The summed E-state index contributed by atoms with van der Waals surface area (Å²) in [6, 6.07) is 12.7. The van der Waals surface area contributed by atoms with Gasteiger partial charge in [-0.25, -0.2) is 4.79 Å². The third kappa shape index (κ3) is 3.25. The largest absolute Gasteiger partial charge is 0.341 e. The van der Waals surface area contributed by atoms with Gasteiger partial charge in [-0.3, -0.25) is 24.1 Å². The van der Waals surface area contributed by atoms with Crippen LogP contribution in [0.4, 0.5) is 10.5 Å². The number of aromatic nitrogens is 4. The number of hydrogen-bond acceptors (Lipinski definition) is 4. The van der Waals surface area contributed by atoms with Gasteiger partial charge in [0.15, 0.2) is 0 Å². The van der Waals surface area contributed by atoms with Crippen molar-refractivity contribution in [3.05, 3.63) is 65.2 Å². The zero-order valence-electron chi connectivity index (χ0n) is 16.3. The number of nitrogens with one attached hydrogen (secondary N) is 2. The monoisotopic (exact) mass is 388 g/mol. The average molecular weight is 388 g/mol. The zero-order chi connectivity index (χ0) is 20.5. The number of amides is 2. The molecule has 2 N–H and O–H groups in total. The molecule has 2 aromatic carbocycles. The summed E-state index contributed by atoms with van der Waals surface area (Å²) in [4.78, 5) is 33.4. The first-order chi connectivity index (χ1) is 14.0. The lowest BCUT2D eigenvalue weighted by Crippen LogP contribution is -2.24. The Kier molecular flexibility index (Phi) is 4.59. The van der Waals surface area contributed by atoms with E-state index < -0.39 is 0 Å². The van der Waals surface area contributed by atoms with Crippen molar-refractivity contribution in [2.24, 2.45) is 14.1 Å². The second-order valence-corrected chi connectivity index (χ2v) is 6.62. The van der Waals surface area contributed by atoms with Gasteiger partial charge in [0.25, 0.3) is 5.56 Å². The highest BCUT2D eigenvalue weighted by atomic mass is 16.2. The minimum Gasteiger partial charge on any atom is -0.341 e. The molecule has 0 aliphatic carbocycles. The van der Waals surface area contributed by atoms with E-state index in [0.717, 1.165) is 22.3 Å². The Morgan fingerprint density at radius 3 is 2.45 bits per heavy atom. The maximum absolute atomic E-state index is 13.1. The minimum absolute atomic E-state index is 0.126. The van der Waals surface area contributed by atoms with Gasteiger partial charge in [0.1, 0.15) is 0 Å². The quantitative estimate of drug-likeness (QED) is 0.564. The topological polar surface area (TPSA) is 93.8 Å². The molecular formula is C21H20N6O2. The van der Waals surface area contributed by atoms with Crippen molar-refractivity contribution >= 4 is 22.8 Å². The van der Waals surface area contributed by atoms with Crippen molar-refractivity contribution < 1.29 is 4.79 Å². The minimum atomic E-state index is -0.323. The van der Waals surface area contributed by atoms with Gasteiger partial charge in [0, 0.05) is 44.8 Å². The Balaban J connectivity index is 1.91. The third-order valence-electron chi connectivity index (χ3n) is 4.90. The van der Waals surface area contributed by atoms with Crippen LogP contribution in [-0.4, -0.2) is 32.4 Å². The number of nitrogens with zero attached hydrogens (tertiary/aromatic N) is 4. The molecule has 0 saturated heterocycles. The Labute approximate surface area is 166 Å². The summed E-state index contributed by atoms with van der Waals surface area (Å²) >= 11 is 0. The Bertz CT molecular complexity index is 1290. The van der Waals surface area contributed by atoms with Gasteiger partial charge in [-0.05, 0) is 29.8 Å². The first-order valence-corrected chi connectivity index (χ1v) is 9.06. The second kappa shape index (κ2) is 7.23. The van der Waals surface area contributed by atoms with E-state index in [1.165, 1.54) is 0 Å². The maximum atomic E-state index is 13.1. The lowest BCUT2D eigenvalue weighted by atomic mass is 10.0. The van der Waals surface area contributed by atoms with Gasteiger partial charge in [-0.2, -0.15) is 0 Å². The lowest BCUT2D eigenvalue weighted by Gasteiger charge is -2.10. The molecule has 0 spiro atoms. The van der Waals surface area contributed by atoms with Gasteiger partial charge >= 0.3 is 6.03 Å². The molecule has 0 fully saturated rings. The molecule has 29 heavy (non-hydrogen) atoms. The highest BCUT2D eigenvalue weighted by Crippen LogP contribution is 2.32. The fraction of sp³-hybridized carbons (Fsp3) is 0.143. The Morgan fingerprint density at radius 2 is 1.69 bits per heavy atom. The van der Waals surface area contributed by atoms with E-state index in [9.17, 15) is 9.59 Å². The number of fused-ring (bicyclic) bond motifs is 1. The summed E-state index contributed by atoms with van der Waals surface area (Å²) in [5.74, 6) is 0. The first-order valence-electron chi connectivity index (χ1n) is 9.06. The van der Waals surface area contributed by atoms with Crippen LogP contribution in [0.2, 0.25) is 0 Å². The predicted molar refractivity (Wildman–Crippen MR) is 113 cm³/mol. The van der Waals surface area contributed by atoms with Gasteiger partial charge in [-0.15, -0.1) is 0 Å². The Morgan fingerprint density at radius 1 is 0.931 bits per heavy atom. The molecule has 0 unspecified atom stereocenters. The van der Waals surface area contributed by atoms with Crippen molar-refractivity contribution in [3.8, 4) is 22.4 Å². The fourth-order valence-corrected chi connectivity index (χ4v) is 3.36. The summed E-state index contributed by atoms with van der Waals surface area (Å²) < 4.78 is 3.37. The van der Waals surface area contributed by atoms with Crippen LogP contribution in [0.25, 0.3) is 33.4 Å². The van der Waals surface area contributed by atoms with Crippen molar-refractivity contribution in [1.29, 1.82) is 0 Å². The van der Waals surface area contributed by atoms with E-state index in [2.05, 4.69) is 20.6 Å². The third-order valence-corrected chi connectivity index (χ3v) is 4.90.